The molecule has 2 aromatic carbocycles. The minimum Gasteiger partial charge on any atom is -0.508 e. The van der Waals surface area contributed by atoms with Gasteiger partial charge in [0.25, 0.3) is 0 Å². The number of hydrogen-bond acceptors (Lipinski definition) is 4. The molecule has 4 rings (SSSR count). The Kier molecular flexibility index (Phi) is 2.84. The summed E-state index contributed by atoms with van der Waals surface area (Å²) in [6.45, 7) is 3.77. The lowest BCUT2D eigenvalue weighted by Crippen LogP contribution is -2.41. The van der Waals surface area contributed by atoms with Crippen molar-refractivity contribution in [3.63, 3.8) is 0 Å². The third-order valence-corrected chi connectivity index (χ3v) is 5.13. The van der Waals surface area contributed by atoms with Crippen molar-refractivity contribution in [1.29, 1.82) is 0 Å². The fourth-order valence-corrected chi connectivity index (χ4v) is 4.05. The topological polar surface area (TPSA) is 63.9 Å². The van der Waals surface area contributed by atoms with Crippen molar-refractivity contribution in [1.82, 2.24) is 4.90 Å². The van der Waals surface area contributed by atoms with E-state index in [1.165, 1.54) is 5.56 Å². The maximum atomic E-state index is 10.1. The first-order valence-electron chi connectivity index (χ1n) is 7.66. The van der Waals surface area contributed by atoms with Gasteiger partial charge in [0.05, 0.1) is 0 Å². The summed E-state index contributed by atoms with van der Waals surface area (Å²) in [5, 5.41) is 29.8. The molecule has 2 aromatic rings. The number of nitrogens with zero attached hydrogens (tertiary/aromatic N) is 1. The van der Waals surface area contributed by atoms with Crippen LogP contribution in [-0.4, -0.2) is 26.8 Å². The van der Waals surface area contributed by atoms with Crippen molar-refractivity contribution in [2.24, 2.45) is 0 Å². The van der Waals surface area contributed by atoms with Gasteiger partial charge < -0.3 is 15.3 Å². The van der Waals surface area contributed by atoms with E-state index in [0.717, 1.165) is 36.2 Å². The molecule has 4 nitrogen and oxygen atoms in total. The third kappa shape index (κ3) is 1.80. The van der Waals surface area contributed by atoms with Crippen LogP contribution in [0.1, 0.15) is 41.1 Å². The molecule has 0 aliphatic carbocycles. The molecule has 0 fully saturated rings. The normalized spacial score (nSPS) is 23.5. The summed E-state index contributed by atoms with van der Waals surface area (Å²) >= 11 is 0. The fourth-order valence-electron chi connectivity index (χ4n) is 4.05. The van der Waals surface area contributed by atoms with Crippen LogP contribution in [0.3, 0.4) is 0 Å². The molecule has 0 spiro atoms. The van der Waals surface area contributed by atoms with E-state index in [2.05, 4.69) is 17.9 Å². The van der Waals surface area contributed by atoms with E-state index in [4.69, 9.17) is 0 Å². The van der Waals surface area contributed by atoms with Gasteiger partial charge in [-0.3, -0.25) is 4.90 Å². The predicted octanol–water partition coefficient (Wildman–Crippen LogP) is 3.02. The van der Waals surface area contributed by atoms with E-state index in [1.54, 1.807) is 18.2 Å². The molecule has 114 valence electrons. The maximum absolute atomic E-state index is 10.1. The van der Waals surface area contributed by atoms with Crippen molar-refractivity contribution in [2.45, 2.75) is 31.8 Å². The van der Waals surface area contributed by atoms with Gasteiger partial charge in [-0.15, -0.1) is 0 Å². The van der Waals surface area contributed by atoms with E-state index in [9.17, 15) is 15.3 Å². The number of phenols is 3. The smallest absolute Gasteiger partial charge is 0.157 e. The second kappa shape index (κ2) is 4.65. The molecule has 2 aliphatic rings. The molecule has 0 aromatic heterocycles. The Morgan fingerprint density at radius 1 is 1.00 bits per heavy atom. The molecule has 0 radical (unpaired) electrons. The second-order valence-corrected chi connectivity index (χ2v) is 6.34. The van der Waals surface area contributed by atoms with Crippen LogP contribution in [0.2, 0.25) is 0 Å². The molecule has 0 amide bonds. The van der Waals surface area contributed by atoms with Crippen LogP contribution in [0.15, 0.2) is 30.3 Å². The number of rotatable bonds is 0. The van der Waals surface area contributed by atoms with Crippen LogP contribution in [0.4, 0.5) is 0 Å². The Morgan fingerprint density at radius 3 is 2.59 bits per heavy atom. The minimum atomic E-state index is -0.0606. The van der Waals surface area contributed by atoms with Gasteiger partial charge in [0, 0.05) is 30.6 Å². The number of phenolic OH excluding ortho intramolecular Hbond substituents is 3. The highest BCUT2D eigenvalue weighted by Crippen LogP contribution is 2.48. The van der Waals surface area contributed by atoms with E-state index in [1.807, 2.05) is 6.07 Å². The molecule has 4 heteroatoms. The highest BCUT2D eigenvalue weighted by Gasteiger charge is 2.38. The average Bonchev–Trinajstić information content (AvgIpc) is 2.50. The van der Waals surface area contributed by atoms with Gasteiger partial charge in [-0.1, -0.05) is 19.1 Å². The fraction of sp³-hybridized carbons (Fsp3) is 0.333. The Balaban J connectivity index is 1.86. The monoisotopic (exact) mass is 297 g/mol. The quantitative estimate of drug-likeness (QED) is 0.654. The van der Waals surface area contributed by atoms with Crippen molar-refractivity contribution in [3.8, 4) is 17.2 Å². The first-order valence-corrected chi connectivity index (χ1v) is 7.66. The van der Waals surface area contributed by atoms with E-state index in [-0.39, 0.29) is 23.5 Å². The molecule has 3 N–H and O–H groups in total. The molecule has 2 aliphatic heterocycles. The van der Waals surface area contributed by atoms with Crippen LogP contribution in [-0.2, 0) is 13.0 Å². The van der Waals surface area contributed by atoms with Gasteiger partial charge in [0.15, 0.2) is 11.5 Å². The average molecular weight is 297 g/mol. The molecular formula is C18H19NO3. The third-order valence-electron chi connectivity index (χ3n) is 5.13. The SMILES string of the molecule is C[C@H]1c2cccc(O)c2CN2CCc3cc(O)c(O)cc3[C@@H]12. The van der Waals surface area contributed by atoms with Crippen molar-refractivity contribution in [3.05, 3.63) is 52.6 Å². The highest BCUT2D eigenvalue weighted by atomic mass is 16.3. The van der Waals surface area contributed by atoms with Crippen LogP contribution in [0, 0.1) is 0 Å². The first-order chi connectivity index (χ1) is 10.6. The molecular weight excluding hydrogens is 278 g/mol. The van der Waals surface area contributed by atoms with Crippen LogP contribution < -0.4 is 0 Å². The number of fused-ring (bicyclic) bond motifs is 4. The van der Waals surface area contributed by atoms with Gasteiger partial charge in [-0.25, -0.2) is 0 Å². The second-order valence-electron chi connectivity index (χ2n) is 6.34. The summed E-state index contributed by atoms with van der Waals surface area (Å²) in [7, 11) is 0. The molecule has 0 bridgehead atoms. The molecule has 0 saturated carbocycles. The lowest BCUT2D eigenvalue weighted by Gasteiger charge is -2.45. The Hall–Kier alpha value is -2.20. The Morgan fingerprint density at radius 2 is 1.77 bits per heavy atom. The lowest BCUT2D eigenvalue weighted by molar-refractivity contribution is 0.136. The van der Waals surface area contributed by atoms with Crippen molar-refractivity contribution >= 4 is 0 Å². The molecule has 0 saturated heterocycles. The lowest BCUT2D eigenvalue weighted by atomic mass is 9.77. The molecule has 0 unspecified atom stereocenters. The Bertz CT molecular complexity index is 756. The number of aromatic hydroxyl groups is 3. The van der Waals surface area contributed by atoms with Crippen LogP contribution >= 0.6 is 0 Å². The van der Waals surface area contributed by atoms with E-state index < -0.39 is 0 Å². The summed E-state index contributed by atoms with van der Waals surface area (Å²) in [6, 6.07) is 9.26. The van der Waals surface area contributed by atoms with Crippen LogP contribution in [0.25, 0.3) is 0 Å². The van der Waals surface area contributed by atoms with Gasteiger partial charge in [-0.05, 0) is 41.3 Å². The van der Waals surface area contributed by atoms with E-state index in [0.29, 0.717) is 5.75 Å². The zero-order chi connectivity index (χ0) is 15.4. The summed E-state index contributed by atoms with van der Waals surface area (Å²) in [5.41, 5.74) is 4.37. The van der Waals surface area contributed by atoms with E-state index >= 15 is 0 Å². The summed E-state index contributed by atoms with van der Waals surface area (Å²) in [5.74, 6) is 0.476. The van der Waals surface area contributed by atoms with Gasteiger partial charge in [0.1, 0.15) is 5.75 Å². The first kappa shape index (κ1) is 13.5. The molecule has 2 atom stereocenters. The zero-order valence-corrected chi connectivity index (χ0v) is 12.5. The zero-order valence-electron chi connectivity index (χ0n) is 12.5. The van der Waals surface area contributed by atoms with Crippen molar-refractivity contribution < 1.29 is 15.3 Å². The highest BCUT2D eigenvalue weighted by molar-refractivity contribution is 5.51. The van der Waals surface area contributed by atoms with Gasteiger partial charge in [0.2, 0.25) is 0 Å². The minimum absolute atomic E-state index is 0.0475. The standard InChI is InChI=1S/C18H19NO3/c1-10-12-3-2-4-15(20)14(12)9-19-6-5-11-7-16(21)17(22)8-13(11)18(10)19/h2-4,7-8,10,18,20-22H,5-6,9H2,1H3/t10-,18+/m0/s1. The molecule has 22 heavy (non-hydrogen) atoms. The maximum Gasteiger partial charge on any atom is 0.157 e. The summed E-state index contributed by atoms with van der Waals surface area (Å²) in [6.07, 6.45) is 0.843. The predicted molar refractivity (Wildman–Crippen MR) is 83.1 cm³/mol. The van der Waals surface area contributed by atoms with Crippen LogP contribution in [0.5, 0.6) is 17.2 Å². The van der Waals surface area contributed by atoms with Crippen molar-refractivity contribution in [2.75, 3.05) is 6.54 Å². The largest absolute Gasteiger partial charge is 0.508 e. The summed E-state index contributed by atoms with van der Waals surface area (Å²) < 4.78 is 0. The number of benzene rings is 2. The number of hydrogen-bond donors (Lipinski definition) is 3. The molecule has 2 heterocycles. The Labute approximate surface area is 129 Å². The van der Waals surface area contributed by atoms with Gasteiger partial charge in [-0.2, -0.15) is 0 Å². The summed E-state index contributed by atoms with van der Waals surface area (Å²) in [4.78, 5) is 2.35. The van der Waals surface area contributed by atoms with Gasteiger partial charge >= 0.3 is 0 Å².